The number of thiazole rings is 1. The van der Waals surface area contributed by atoms with E-state index in [-0.39, 0.29) is 18.0 Å². The van der Waals surface area contributed by atoms with Gasteiger partial charge in [-0.2, -0.15) is 4.31 Å². The van der Waals surface area contributed by atoms with Gasteiger partial charge in [-0.3, -0.25) is 5.32 Å². The molecule has 0 spiro atoms. The molecule has 0 radical (unpaired) electrons. The molecule has 0 fully saturated rings. The molecule has 1 N–H and O–H groups in total. The van der Waals surface area contributed by atoms with Crippen LogP contribution in [0.1, 0.15) is 17.5 Å². The second kappa shape index (κ2) is 7.50. The highest BCUT2D eigenvalue weighted by Gasteiger charge is 2.30. The Hall–Kier alpha value is -2.49. The molecule has 2 aromatic carbocycles. The summed E-state index contributed by atoms with van der Waals surface area (Å²) in [5.41, 5.74) is 0.821. The van der Waals surface area contributed by atoms with Crippen molar-refractivity contribution in [2.24, 2.45) is 0 Å². The first-order chi connectivity index (χ1) is 13.5. The van der Waals surface area contributed by atoms with Crippen LogP contribution in [0.2, 0.25) is 0 Å². The largest absolute Gasteiger partial charge is 0.450 e. The van der Waals surface area contributed by atoms with Crippen LogP contribution >= 0.6 is 11.3 Å². The summed E-state index contributed by atoms with van der Waals surface area (Å²) in [7, 11) is -3.62. The molecule has 4 rings (SSSR count). The number of benzene rings is 2. The number of nitrogens with one attached hydrogen (secondary N) is 1. The molecule has 0 saturated carbocycles. The number of rotatable bonds is 4. The van der Waals surface area contributed by atoms with Crippen molar-refractivity contribution in [2.45, 2.75) is 24.8 Å². The number of anilines is 1. The molecule has 3 aromatic rings. The third kappa shape index (κ3) is 3.60. The monoisotopic (exact) mass is 417 g/mol. The van der Waals surface area contributed by atoms with E-state index in [1.165, 1.54) is 15.6 Å². The molecule has 2 heterocycles. The van der Waals surface area contributed by atoms with Crippen molar-refractivity contribution in [3.05, 3.63) is 53.0 Å². The average molecular weight is 418 g/mol. The number of sulfonamides is 1. The summed E-state index contributed by atoms with van der Waals surface area (Å²) < 4.78 is 32.6. The topological polar surface area (TPSA) is 88.6 Å². The summed E-state index contributed by atoms with van der Waals surface area (Å²) in [6.45, 7) is 2.59. The van der Waals surface area contributed by atoms with Crippen LogP contribution in [0.15, 0.2) is 47.4 Å². The predicted octanol–water partition coefficient (Wildman–Crippen LogP) is 3.61. The number of nitrogens with zero attached hydrogens (tertiary/aromatic N) is 2. The molecular weight excluding hydrogens is 398 g/mol. The first-order valence-electron chi connectivity index (χ1n) is 8.88. The highest BCUT2D eigenvalue weighted by Crippen LogP contribution is 2.31. The molecule has 28 heavy (non-hydrogen) atoms. The lowest BCUT2D eigenvalue weighted by Gasteiger charge is -2.25. The third-order valence-electron chi connectivity index (χ3n) is 4.54. The molecule has 1 aliphatic heterocycles. The Morgan fingerprint density at radius 3 is 2.82 bits per heavy atom. The molecule has 0 atom stereocenters. The van der Waals surface area contributed by atoms with E-state index < -0.39 is 16.1 Å². The van der Waals surface area contributed by atoms with E-state index in [2.05, 4.69) is 10.3 Å². The van der Waals surface area contributed by atoms with Crippen molar-refractivity contribution in [1.29, 1.82) is 0 Å². The quantitative estimate of drug-likeness (QED) is 0.701. The van der Waals surface area contributed by atoms with Gasteiger partial charge in [-0.1, -0.05) is 41.7 Å². The Kier molecular flexibility index (Phi) is 5.05. The second-order valence-corrected chi connectivity index (χ2v) is 9.35. The molecule has 0 bridgehead atoms. The van der Waals surface area contributed by atoms with Crippen LogP contribution in [0, 0.1) is 0 Å². The first kappa shape index (κ1) is 18.9. The Morgan fingerprint density at radius 1 is 1.25 bits per heavy atom. The maximum absolute atomic E-state index is 13.1. The van der Waals surface area contributed by atoms with Gasteiger partial charge in [0.1, 0.15) is 0 Å². The van der Waals surface area contributed by atoms with E-state index in [0.717, 1.165) is 21.3 Å². The normalized spacial score (nSPS) is 14.6. The molecule has 7 nitrogen and oxygen atoms in total. The predicted molar refractivity (Wildman–Crippen MR) is 108 cm³/mol. The van der Waals surface area contributed by atoms with E-state index in [9.17, 15) is 13.2 Å². The molecule has 0 aliphatic carbocycles. The molecule has 9 heteroatoms. The standard InChI is InChI=1S/C19H19N3O4S2/c1-2-26-19(23)21-18-20-16-9-10-22(12-17(16)27-18)28(24,25)15-8-7-13-5-3-4-6-14(13)11-15/h3-8,11H,2,9-10,12H2,1H3,(H,20,21,23). The first-order valence-corrected chi connectivity index (χ1v) is 11.1. The van der Waals surface area contributed by atoms with Crippen LogP contribution in [0.4, 0.5) is 9.93 Å². The van der Waals surface area contributed by atoms with Gasteiger partial charge in [-0.25, -0.2) is 18.2 Å². The smallest absolute Gasteiger partial charge is 0.413 e. The molecule has 0 saturated heterocycles. The number of carbonyl (C=O) groups is 1. The van der Waals surface area contributed by atoms with Crippen molar-refractivity contribution in [1.82, 2.24) is 9.29 Å². The maximum Gasteiger partial charge on any atom is 0.413 e. The van der Waals surface area contributed by atoms with E-state index in [0.29, 0.717) is 18.1 Å². The van der Waals surface area contributed by atoms with Gasteiger partial charge in [0.2, 0.25) is 10.0 Å². The average Bonchev–Trinajstić information content (AvgIpc) is 3.09. The highest BCUT2D eigenvalue weighted by atomic mass is 32.2. The lowest BCUT2D eigenvalue weighted by molar-refractivity contribution is 0.168. The van der Waals surface area contributed by atoms with Crippen LogP contribution < -0.4 is 5.32 Å². The Labute approximate surface area is 167 Å². The lowest BCUT2D eigenvalue weighted by Crippen LogP contribution is -2.35. The number of carbonyl (C=O) groups excluding carboxylic acids is 1. The second-order valence-electron chi connectivity index (χ2n) is 6.33. The SMILES string of the molecule is CCOC(=O)Nc1nc2c(s1)CN(S(=O)(=O)c1ccc3ccccc3c1)CC2. The zero-order chi connectivity index (χ0) is 19.7. The number of ether oxygens (including phenoxy) is 1. The summed E-state index contributed by atoms with van der Waals surface area (Å²) in [5, 5.41) is 4.90. The van der Waals surface area contributed by atoms with Gasteiger partial charge in [0.15, 0.2) is 5.13 Å². The van der Waals surface area contributed by atoms with Crippen LogP contribution in [0.5, 0.6) is 0 Å². The lowest BCUT2D eigenvalue weighted by atomic mass is 10.1. The zero-order valence-corrected chi connectivity index (χ0v) is 16.8. The summed E-state index contributed by atoms with van der Waals surface area (Å²) in [5.74, 6) is 0. The fourth-order valence-electron chi connectivity index (χ4n) is 3.16. The fraction of sp³-hybridized carbons (Fsp3) is 0.263. The molecular formula is C19H19N3O4S2. The van der Waals surface area contributed by atoms with Gasteiger partial charge in [0.05, 0.1) is 23.7 Å². The highest BCUT2D eigenvalue weighted by molar-refractivity contribution is 7.89. The molecule has 1 amide bonds. The van der Waals surface area contributed by atoms with Crippen LogP contribution in [-0.2, 0) is 27.7 Å². The Balaban J connectivity index is 1.57. The van der Waals surface area contributed by atoms with Gasteiger partial charge in [-0.15, -0.1) is 0 Å². The molecule has 0 unspecified atom stereocenters. The molecule has 1 aromatic heterocycles. The van der Waals surface area contributed by atoms with E-state index in [1.807, 2.05) is 30.3 Å². The number of aromatic nitrogens is 1. The van der Waals surface area contributed by atoms with Gasteiger partial charge < -0.3 is 4.74 Å². The summed E-state index contributed by atoms with van der Waals surface area (Å²) >= 11 is 1.28. The minimum atomic E-state index is -3.62. The van der Waals surface area contributed by atoms with Crippen molar-refractivity contribution in [3.8, 4) is 0 Å². The van der Waals surface area contributed by atoms with Gasteiger partial charge >= 0.3 is 6.09 Å². The zero-order valence-electron chi connectivity index (χ0n) is 15.2. The summed E-state index contributed by atoms with van der Waals surface area (Å²) in [6, 6.07) is 12.9. The minimum absolute atomic E-state index is 0.243. The number of amides is 1. The van der Waals surface area contributed by atoms with Crippen LogP contribution in [-0.4, -0.2) is 37.0 Å². The number of hydrogen-bond acceptors (Lipinski definition) is 6. The minimum Gasteiger partial charge on any atom is -0.450 e. The Morgan fingerprint density at radius 2 is 2.04 bits per heavy atom. The van der Waals surface area contributed by atoms with Crippen molar-refractivity contribution in [3.63, 3.8) is 0 Å². The van der Waals surface area contributed by atoms with Crippen molar-refractivity contribution < 1.29 is 17.9 Å². The summed E-state index contributed by atoms with van der Waals surface area (Å²) in [6.07, 6.45) is -0.0578. The van der Waals surface area contributed by atoms with Gasteiger partial charge in [-0.05, 0) is 29.8 Å². The number of hydrogen-bond donors (Lipinski definition) is 1. The van der Waals surface area contributed by atoms with Gasteiger partial charge in [0, 0.05) is 17.8 Å². The fourth-order valence-corrected chi connectivity index (χ4v) is 5.70. The van der Waals surface area contributed by atoms with E-state index in [1.54, 1.807) is 19.1 Å². The van der Waals surface area contributed by atoms with Crippen molar-refractivity contribution in [2.75, 3.05) is 18.5 Å². The van der Waals surface area contributed by atoms with Crippen LogP contribution in [0.25, 0.3) is 10.8 Å². The van der Waals surface area contributed by atoms with E-state index in [4.69, 9.17) is 4.74 Å². The molecule has 1 aliphatic rings. The van der Waals surface area contributed by atoms with E-state index >= 15 is 0 Å². The van der Waals surface area contributed by atoms with Crippen LogP contribution in [0.3, 0.4) is 0 Å². The maximum atomic E-state index is 13.1. The van der Waals surface area contributed by atoms with Gasteiger partial charge in [0.25, 0.3) is 0 Å². The molecule has 146 valence electrons. The third-order valence-corrected chi connectivity index (χ3v) is 7.38. The number of fused-ring (bicyclic) bond motifs is 2. The Bertz CT molecular complexity index is 1140. The summed E-state index contributed by atoms with van der Waals surface area (Å²) in [4.78, 5) is 17.1. The van der Waals surface area contributed by atoms with Crippen molar-refractivity contribution >= 4 is 43.4 Å².